The van der Waals surface area contributed by atoms with Crippen molar-refractivity contribution in [3.8, 4) is 28.7 Å². The molecule has 3 N–H and O–H groups in total. The van der Waals surface area contributed by atoms with E-state index >= 15 is 0 Å². The van der Waals surface area contributed by atoms with Gasteiger partial charge in [-0.25, -0.2) is 0 Å². The van der Waals surface area contributed by atoms with Crippen molar-refractivity contribution in [2.45, 2.75) is 24.7 Å². The monoisotopic (exact) mass is 500 g/mol. The van der Waals surface area contributed by atoms with Gasteiger partial charge in [-0.2, -0.15) is 0 Å². The summed E-state index contributed by atoms with van der Waals surface area (Å²) in [5.41, 5.74) is 2.53. The Hall–Kier alpha value is -3.21. The number of carbonyl (C=O) groups is 1. The highest BCUT2D eigenvalue weighted by atomic mass is 16.7. The van der Waals surface area contributed by atoms with Gasteiger partial charge in [0.25, 0.3) is 0 Å². The molecule has 10 heteroatoms. The van der Waals surface area contributed by atoms with Crippen LogP contribution < -0.4 is 24.3 Å². The fourth-order valence-electron chi connectivity index (χ4n) is 5.57. The number of hydrogen-bond donors (Lipinski definition) is 3. The third-order valence-corrected chi connectivity index (χ3v) is 7.31. The molecular weight excluding hydrogens is 468 g/mol. The Bertz CT molecular complexity index is 1130. The van der Waals surface area contributed by atoms with Gasteiger partial charge in [0.15, 0.2) is 29.3 Å². The number of nitrogens with zero attached hydrogens (tertiary/aromatic N) is 1. The van der Waals surface area contributed by atoms with Crippen molar-refractivity contribution in [3.63, 3.8) is 0 Å². The Labute approximate surface area is 209 Å². The van der Waals surface area contributed by atoms with Crippen LogP contribution >= 0.6 is 0 Å². The molecule has 2 aromatic carbocycles. The highest BCUT2D eigenvalue weighted by Gasteiger charge is 2.52. The highest BCUT2D eigenvalue weighted by molar-refractivity contribution is 5.77. The number of phenols is 1. The van der Waals surface area contributed by atoms with Crippen LogP contribution in [0.25, 0.3) is 0 Å². The zero-order valence-corrected chi connectivity index (χ0v) is 20.8. The lowest BCUT2D eigenvalue weighted by Crippen LogP contribution is -2.44. The summed E-state index contributed by atoms with van der Waals surface area (Å²) in [5.74, 6) is 0.615. The second kappa shape index (κ2) is 9.68. The maximum atomic E-state index is 12.9. The number of ether oxygens (including phenoxy) is 5. The van der Waals surface area contributed by atoms with E-state index in [9.17, 15) is 15.0 Å². The fraction of sp³-hybridized carbons (Fsp3) is 0.500. The lowest BCUT2D eigenvalue weighted by Gasteiger charge is -2.41. The number of carbonyl (C=O) groups excluding carboxylic acids is 1. The number of nitrogens with one attached hydrogen (secondary N) is 1. The molecule has 2 aromatic rings. The second-order valence-electron chi connectivity index (χ2n) is 9.65. The summed E-state index contributed by atoms with van der Waals surface area (Å²) in [5, 5.41) is 24.7. The fourth-order valence-corrected chi connectivity index (χ4v) is 5.57. The molecule has 0 spiro atoms. The molecule has 0 radical (unpaired) electrons. The quantitative estimate of drug-likeness (QED) is 0.524. The summed E-state index contributed by atoms with van der Waals surface area (Å²) < 4.78 is 27.9. The third-order valence-electron chi connectivity index (χ3n) is 7.31. The number of fused-ring (bicyclic) bond motifs is 3. The van der Waals surface area contributed by atoms with E-state index in [0.29, 0.717) is 24.5 Å². The van der Waals surface area contributed by atoms with Crippen molar-refractivity contribution in [2.24, 2.45) is 11.8 Å². The first kappa shape index (κ1) is 24.5. The molecule has 1 amide bonds. The second-order valence-corrected chi connectivity index (χ2v) is 9.65. The number of hydrogen-bond acceptors (Lipinski definition) is 9. The molecule has 5 rings (SSSR count). The van der Waals surface area contributed by atoms with Gasteiger partial charge in [0, 0.05) is 30.7 Å². The van der Waals surface area contributed by atoms with Crippen LogP contribution in [0.4, 0.5) is 0 Å². The Balaban J connectivity index is 1.64. The average molecular weight is 501 g/mol. The molecule has 1 aliphatic carbocycles. The van der Waals surface area contributed by atoms with Gasteiger partial charge in [-0.05, 0) is 55.1 Å². The lowest BCUT2D eigenvalue weighted by atomic mass is 9.65. The Morgan fingerprint density at radius 3 is 2.33 bits per heavy atom. The van der Waals surface area contributed by atoms with Crippen LogP contribution in [0.5, 0.6) is 28.7 Å². The van der Waals surface area contributed by atoms with Gasteiger partial charge in [0.05, 0.1) is 26.9 Å². The predicted molar refractivity (Wildman–Crippen MR) is 129 cm³/mol. The predicted octanol–water partition coefficient (Wildman–Crippen LogP) is 1.97. The summed E-state index contributed by atoms with van der Waals surface area (Å²) in [6.07, 6.45) is -0.703. The standard InChI is InChI=1S/C26H32N2O8/c1-28(2)6-5-21(29)27-24-15-10-18-17(35-12-36-18)9-14(15)22(23-16(24)11-34-26(23)31)13-7-19(32-3)25(30)20(8-13)33-4/h7-10,16,22-24,26,30-31H,5-6,11-12H2,1-4H3,(H,27,29)/t16-,22+,23-,24+,26?/m0/s1. The molecule has 0 bridgehead atoms. The first-order valence-corrected chi connectivity index (χ1v) is 11.9. The van der Waals surface area contributed by atoms with Gasteiger partial charge in [0.2, 0.25) is 18.4 Å². The van der Waals surface area contributed by atoms with Gasteiger partial charge < -0.3 is 44.1 Å². The van der Waals surface area contributed by atoms with Crippen LogP contribution in [0.1, 0.15) is 35.1 Å². The molecule has 0 aromatic heterocycles. The van der Waals surface area contributed by atoms with E-state index in [1.54, 1.807) is 12.1 Å². The number of aromatic hydroxyl groups is 1. The number of phenolic OH excluding ortho intramolecular Hbond substituents is 1. The van der Waals surface area contributed by atoms with E-state index in [-0.39, 0.29) is 60.4 Å². The van der Waals surface area contributed by atoms with E-state index < -0.39 is 6.29 Å². The molecule has 10 nitrogen and oxygen atoms in total. The normalized spacial score (nSPS) is 25.9. The Morgan fingerprint density at radius 1 is 1.08 bits per heavy atom. The number of benzene rings is 2. The molecule has 0 saturated carbocycles. The Kier molecular flexibility index (Phi) is 6.59. The maximum absolute atomic E-state index is 12.9. The van der Waals surface area contributed by atoms with Gasteiger partial charge in [0.1, 0.15) is 0 Å². The molecule has 1 unspecified atom stereocenters. The summed E-state index contributed by atoms with van der Waals surface area (Å²) in [6, 6.07) is 6.93. The first-order chi connectivity index (χ1) is 17.3. The minimum Gasteiger partial charge on any atom is -0.502 e. The smallest absolute Gasteiger partial charge is 0.231 e. The van der Waals surface area contributed by atoms with Crippen molar-refractivity contribution in [3.05, 3.63) is 41.0 Å². The van der Waals surface area contributed by atoms with Crippen LogP contribution in [-0.4, -0.2) is 75.6 Å². The molecule has 1 fully saturated rings. The number of amides is 1. The molecule has 36 heavy (non-hydrogen) atoms. The summed E-state index contributed by atoms with van der Waals surface area (Å²) >= 11 is 0. The number of aliphatic hydroxyl groups is 1. The van der Waals surface area contributed by atoms with Gasteiger partial charge in [-0.1, -0.05) is 0 Å². The van der Waals surface area contributed by atoms with E-state index in [1.807, 2.05) is 31.1 Å². The zero-order chi connectivity index (χ0) is 25.6. The van der Waals surface area contributed by atoms with Gasteiger partial charge in [-0.3, -0.25) is 4.79 Å². The topological polar surface area (TPSA) is 119 Å². The number of methoxy groups -OCH3 is 2. The van der Waals surface area contributed by atoms with Crippen LogP contribution in [0.3, 0.4) is 0 Å². The average Bonchev–Trinajstić information content (AvgIpc) is 3.48. The summed E-state index contributed by atoms with van der Waals surface area (Å²) in [7, 11) is 6.79. The molecule has 194 valence electrons. The molecule has 1 saturated heterocycles. The van der Waals surface area contributed by atoms with E-state index in [1.165, 1.54) is 14.2 Å². The molecular formula is C26H32N2O8. The summed E-state index contributed by atoms with van der Waals surface area (Å²) in [4.78, 5) is 14.9. The number of aliphatic hydroxyl groups excluding tert-OH is 1. The first-order valence-electron chi connectivity index (χ1n) is 11.9. The van der Waals surface area contributed by atoms with Crippen molar-refractivity contribution < 1.29 is 38.7 Å². The molecule has 5 atom stereocenters. The molecule has 3 aliphatic rings. The van der Waals surface area contributed by atoms with Crippen molar-refractivity contribution in [1.29, 1.82) is 0 Å². The van der Waals surface area contributed by atoms with Crippen LogP contribution in [0.2, 0.25) is 0 Å². The largest absolute Gasteiger partial charge is 0.502 e. The number of rotatable bonds is 7. The zero-order valence-electron chi connectivity index (χ0n) is 20.8. The third kappa shape index (κ3) is 4.19. The minimum absolute atomic E-state index is 0.0797. The van der Waals surface area contributed by atoms with E-state index in [0.717, 1.165) is 16.7 Å². The summed E-state index contributed by atoms with van der Waals surface area (Å²) in [6.45, 7) is 1.01. The van der Waals surface area contributed by atoms with Gasteiger partial charge in [-0.15, -0.1) is 0 Å². The van der Waals surface area contributed by atoms with Crippen LogP contribution in [-0.2, 0) is 9.53 Å². The molecule has 2 aliphatic heterocycles. The molecule has 2 heterocycles. The minimum atomic E-state index is -1.05. The highest BCUT2D eigenvalue weighted by Crippen LogP contribution is 2.56. The SMILES string of the molecule is COc1cc([C@@H]2c3cc4c(cc3[C@@H](NC(=O)CCN(C)C)[C@H]3COC(O)[C@H]23)OCO4)cc(OC)c1O. The van der Waals surface area contributed by atoms with E-state index in [2.05, 4.69) is 5.32 Å². The Morgan fingerprint density at radius 2 is 1.72 bits per heavy atom. The van der Waals surface area contributed by atoms with E-state index in [4.69, 9.17) is 23.7 Å². The van der Waals surface area contributed by atoms with Crippen molar-refractivity contribution >= 4 is 5.91 Å². The maximum Gasteiger partial charge on any atom is 0.231 e. The van der Waals surface area contributed by atoms with Crippen LogP contribution in [0, 0.1) is 11.8 Å². The van der Waals surface area contributed by atoms with Crippen molar-refractivity contribution in [2.75, 3.05) is 48.3 Å². The van der Waals surface area contributed by atoms with Gasteiger partial charge >= 0.3 is 0 Å². The van der Waals surface area contributed by atoms with Crippen LogP contribution in [0.15, 0.2) is 24.3 Å². The van der Waals surface area contributed by atoms with Crippen molar-refractivity contribution in [1.82, 2.24) is 10.2 Å². The lowest BCUT2D eigenvalue weighted by molar-refractivity contribution is -0.122.